The molecule has 2 aromatic rings. The molecule has 0 aliphatic carbocycles. The first-order valence-corrected chi connectivity index (χ1v) is 12.3. The minimum absolute atomic E-state index is 0.0812. The average molecular weight is 489 g/mol. The molecule has 0 saturated heterocycles. The number of hydrazone groups is 1. The van der Waals surface area contributed by atoms with Gasteiger partial charge in [0.1, 0.15) is 5.82 Å². The van der Waals surface area contributed by atoms with Gasteiger partial charge in [0.25, 0.3) is 0 Å². The van der Waals surface area contributed by atoms with E-state index in [1.54, 1.807) is 22.0 Å². The highest BCUT2D eigenvalue weighted by Crippen LogP contribution is 2.29. The summed E-state index contributed by atoms with van der Waals surface area (Å²) in [7, 11) is 1.84. The Morgan fingerprint density at radius 3 is 2.56 bits per heavy atom. The number of unbranched alkanes of at least 4 members (excludes halogenated alkanes) is 2. The molecule has 0 fully saturated rings. The van der Waals surface area contributed by atoms with Crippen LogP contribution >= 0.6 is 11.6 Å². The summed E-state index contributed by atoms with van der Waals surface area (Å²) in [6, 6.07) is 0. The van der Waals surface area contributed by atoms with Crippen LogP contribution < -0.4 is 16.5 Å². The van der Waals surface area contributed by atoms with E-state index < -0.39 is 0 Å². The van der Waals surface area contributed by atoms with Crippen LogP contribution in [0, 0.1) is 5.92 Å². The maximum absolute atomic E-state index is 6.36. The molecule has 1 unspecified atom stereocenters. The maximum Gasteiger partial charge on any atom is 0.248 e. The summed E-state index contributed by atoms with van der Waals surface area (Å²) in [5.74, 6) is 0.810. The number of halogens is 1. The molecule has 0 spiro atoms. The third-order valence-corrected chi connectivity index (χ3v) is 5.14. The second kappa shape index (κ2) is 15.2. The van der Waals surface area contributed by atoms with Gasteiger partial charge in [-0.25, -0.2) is 9.99 Å². The van der Waals surface area contributed by atoms with Gasteiger partial charge in [-0.1, -0.05) is 64.3 Å². The molecule has 0 radical (unpaired) electrons. The van der Waals surface area contributed by atoms with Gasteiger partial charge >= 0.3 is 0 Å². The van der Waals surface area contributed by atoms with Crippen molar-refractivity contribution >= 4 is 29.1 Å². The van der Waals surface area contributed by atoms with Crippen molar-refractivity contribution in [2.24, 2.45) is 23.8 Å². The van der Waals surface area contributed by atoms with Crippen molar-refractivity contribution in [3.05, 3.63) is 41.9 Å². The molecule has 2 aromatic heterocycles. The molecule has 0 amide bonds. The largest absolute Gasteiger partial charge is 0.383 e. The summed E-state index contributed by atoms with van der Waals surface area (Å²) < 4.78 is 1.70. The lowest BCUT2D eigenvalue weighted by atomic mass is 9.99. The molecule has 1 atom stereocenters. The highest BCUT2D eigenvalue weighted by Gasteiger charge is 2.19. The van der Waals surface area contributed by atoms with Crippen LogP contribution in [0.2, 0.25) is 0 Å². The number of allylic oxidation sites excluding steroid dienone is 2. The molecule has 0 saturated carbocycles. The van der Waals surface area contributed by atoms with Crippen LogP contribution in [0.1, 0.15) is 66.0 Å². The Bertz CT molecular complexity index is 960. The smallest absolute Gasteiger partial charge is 0.248 e. The molecule has 0 bridgehead atoms. The Morgan fingerprint density at radius 1 is 1.32 bits per heavy atom. The zero-order chi connectivity index (χ0) is 25.7. The van der Waals surface area contributed by atoms with E-state index in [0.717, 1.165) is 42.0 Å². The SMILES string of the molecule is C=CCN(/N=C(/CCCCC)C(C)/C=C(\C)Cl)c1nc(N)c(-c2cnn(C)c2)c(CN)n1.CC. The number of aryl methyl sites for hydroxylation is 1. The van der Waals surface area contributed by atoms with Crippen LogP contribution in [0.25, 0.3) is 11.1 Å². The molecule has 2 heterocycles. The molecule has 188 valence electrons. The Hall–Kier alpha value is -2.71. The van der Waals surface area contributed by atoms with E-state index in [1.807, 2.05) is 40.1 Å². The van der Waals surface area contributed by atoms with Gasteiger partial charge < -0.3 is 11.5 Å². The molecule has 8 nitrogen and oxygen atoms in total. The van der Waals surface area contributed by atoms with E-state index in [1.165, 1.54) is 0 Å². The van der Waals surface area contributed by atoms with Gasteiger partial charge in [-0.15, -0.1) is 6.58 Å². The zero-order valence-electron chi connectivity index (χ0n) is 21.6. The Labute approximate surface area is 209 Å². The summed E-state index contributed by atoms with van der Waals surface area (Å²) in [6.45, 7) is 14.7. The quantitative estimate of drug-likeness (QED) is 0.173. The number of nitrogens with zero attached hydrogens (tertiary/aromatic N) is 6. The van der Waals surface area contributed by atoms with Crippen LogP contribution in [-0.2, 0) is 13.6 Å². The molecule has 9 heteroatoms. The number of aromatic nitrogens is 4. The fourth-order valence-corrected chi connectivity index (χ4v) is 3.64. The van der Waals surface area contributed by atoms with Crippen LogP contribution in [-0.4, -0.2) is 32.0 Å². The van der Waals surface area contributed by atoms with Gasteiger partial charge in [0.15, 0.2) is 0 Å². The van der Waals surface area contributed by atoms with Gasteiger partial charge in [-0.05, 0) is 19.8 Å². The summed E-state index contributed by atoms with van der Waals surface area (Å²) in [4.78, 5) is 9.26. The monoisotopic (exact) mass is 488 g/mol. The number of hydrogen-bond donors (Lipinski definition) is 2. The van der Waals surface area contributed by atoms with Crippen molar-refractivity contribution in [3.8, 4) is 11.1 Å². The van der Waals surface area contributed by atoms with Gasteiger partial charge in [0.05, 0.1) is 24.0 Å². The van der Waals surface area contributed by atoms with Crippen molar-refractivity contribution in [3.63, 3.8) is 0 Å². The number of nitrogen functional groups attached to an aromatic ring is 1. The minimum atomic E-state index is 0.0812. The van der Waals surface area contributed by atoms with Crippen LogP contribution in [0.5, 0.6) is 0 Å². The third-order valence-electron chi connectivity index (χ3n) is 5.01. The van der Waals surface area contributed by atoms with Crippen LogP contribution in [0.15, 0.2) is 41.3 Å². The first-order chi connectivity index (χ1) is 16.3. The first kappa shape index (κ1) is 29.3. The number of rotatable bonds is 12. The number of hydrogen-bond acceptors (Lipinski definition) is 7. The van der Waals surface area contributed by atoms with E-state index in [9.17, 15) is 0 Å². The summed E-state index contributed by atoms with van der Waals surface area (Å²) in [5.41, 5.74) is 15.6. The number of anilines is 2. The topological polar surface area (TPSA) is 111 Å². The van der Waals surface area contributed by atoms with Crippen LogP contribution in [0.4, 0.5) is 11.8 Å². The fourth-order valence-electron chi connectivity index (χ4n) is 3.45. The predicted octanol–water partition coefficient (Wildman–Crippen LogP) is 5.65. The number of nitrogens with two attached hydrogens (primary N) is 2. The second-order valence-corrected chi connectivity index (χ2v) is 8.39. The highest BCUT2D eigenvalue weighted by molar-refractivity contribution is 6.29. The van der Waals surface area contributed by atoms with Gasteiger partial charge in [-0.2, -0.15) is 15.2 Å². The van der Waals surface area contributed by atoms with E-state index in [4.69, 9.17) is 33.2 Å². The average Bonchev–Trinajstić information content (AvgIpc) is 3.23. The van der Waals surface area contributed by atoms with E-state index >= 15 is 0 Å². The summed E-state index contributed by atoms with van der Waals surface area (Å²) >= 11 is 6.14. The zero-order valence-corrected chi connectivity index (χ0v) is 22.3. The van der Waals surface area contributed by atoms with Crippen molar-refractivity contribution < 1.29 is 0 Å². The molecule has 2 rings (SSSR count). The molecule has 34 heavy (non-hydrogen) atoms. The molecular formula is C25H41ClN8. The minimum Gasteiger partial charge on any atom is -0.383 e. The lowest BCUT2D eigenvalue weighted by Crippen LogP contribution is -2.25. The van der Waals surface area contributed by atoms with Crippen molar-refractivity contribution in [2.75, 3.05) is 17.3 Å². The van der Waals surface area contributed by atoms with Crippen molar-refractivity contribution in [2.45, 2.75) is 66.8 Å². The van der Waals surface area contributed by atoms with E-state index in [-0.39, 0.29) is 12.5 Å². The lowest BCUT2D eigenvalue weighted by Gasteiger charge is -2.21. The molecule has 0 aromatic carbocycles. The highest BCUT2D eigenvalue weighted by atomic mass is 35.5. The normalized spacial score (nSPS) is 12.7. The summed E-state index contributed by atoms with van der Waals surface area (Å²) in [6.07, 6.45) is 11.5. The van der Waals surface area contributed by atoms with Crippen molar-refractivity contribution in [1.82, 2.24) is 19.7 Å². The Balaban J connectivity index is 0.00000281. The predicted molar refractivity (Wildman–Crippen MR) is 146 cm³/mol. The molecular weight excluding hydrogens is 448 g/mol. The standard InChI is InChI=1S/C23H35ClN8.C2H6/c1-6-8-9-10-19(16(3)12-17(4)24)30-32(11-7-2)23-28-20(13-25)21(22(26)29-23)18-14-27-31(5)15-18;1-2/h7,12,14-16H,2,6,8-11,13,25H2,1,3-5H3,(H2,26,28,29);1-2H3/b17-12+,30-19-;. The molecule has 0 aliphatic rings. The first-order valence-electron chi connectivity index (χ1n) is 12.0. The second-order valence-electron chi connectivity index (χ2n) is 7.80. The van der Waals surface area contributed by atoms with Crippen molar-refractivity contribution in [1.29, 1.82) is 0 Å². The Kier molecular flexibility index (Phi) is 13.1. The lowest BCUT2D eigenvalue weighted by molar-refractivity contribution is 0.722. The molecule has 0 aliphatic heterocycles. The Morgan fingerprint density at radius 2 is 2.03 bits per heavy atom. The summed E-state index contributed by atoms with van der Waals surface area (Å²) in [5, 5.41) is 11.6. The third kappa shape index (κ3) is 8.57. The fraction of sp³-hybridized carbons (Fsp3) is 0.520. The van der Waals surface area contributed by atoms with E-state index in [2.05, 4.69) is 30.5 Å². The maximum atomic E-state index is 6.36. The molecule has 4 N–H and O–H groups in total. The van der Waals surface area contributed by atoms with Crippen LogP contribution in [0.3, 0.4) is 0 Å². The van der Waals surface area contributed by atoms with E-state index in [0.29, 0.717) is 29.6 Å². The van der Waals surface area contributed by atoms with Gasteiger partial charge in [-0.3, -0.25) is 4.68 Å². The van der Waals surface area contributed by atoms with Gasteiger partial charge in [0.2, 0.25) is 5.95 Å². The van der Waals surface area contributed by atoms with Gasteiger partial charge in [0, 0.05) is 42.0 Å².